The van der Waals surface area contributed by atoms with Crippen LogP contribution in [0.5, 0.6) is 0 Å². The minimum Gasteiger partial charge on any atom is -0.389 e. The Morgan fingerprint density at radius 2 is 2.00 bits per heavy atom. The highest BCUT2D eigenvalue weighted by molar-refractivity contribution is 7.80. The van der Waals surface area contributed by atoms with E-state index in [0.717, 1.165) is 25.7 Å². The highest BCUT2D eigenvalue weighted by atomic mass is 32.1. The summed E-state index contributed by atoms with van der Waals surface area (Å²) in [6.07, 6.45) is 5.44. The first-order valence-corrected chi connectivity index (χ1v) is 7.14. The second-order valence-corrected chi connectivity index (χ2v) is 5.43. The van der Waals surface area contributed by atoms with Gasteiger partial charge >= 0.3 is 6.03 Å². The van der Waals surface area contributed by atoms with Crippen LogP contribution in [-0.4, -0.2) is 17.1 Å². The molecule has 0 heterocycles. The van der Waals surface area contributed by atoms with Gasteiger partial charge in [-0.05, 0) is 31.0 Å². The number of hydrogen-bond acceptors (Lipinski definition) is 2. The molecule has 1 aromatic carbocycles. The predicted molar refractivity (Wildman–Crippen MR) is 81.3 cm³/mol. The smallest absolute Gasteiger partial charge is 0.319 e. The maximum Gasteiger partial charge on any atom is 0.319 e. The zero-order valence-electron chi connectivity index (χ0n) is 11.1. The number of urea groups is 1. The van der Waals surface area contributed by atoms with E-state index >= 15 is 0 Å². The monoisotopic (exact) mass is 295 g/mol. The molecule has 0 saturated heterocycles. The molecule has 0 unspecified atom stereocenters. The van der Waals surface area contributed by atoms with E-state index in [2.05, 4.69) is 10.6 Å². The van der Waals surface area contributed by atoms with Crippen LogP contribution in [0.25, 0.3) is 0 Å². The average Bonchev–Trinajstić information content (AvgIpc) is 2.42. The van der Waals surface area contributed by atoms with Gasteiger partial charge in [0.05, 0.1) is 5.69 Å². The van der Waals surface area contributed by atoms with Crippen molar-refractivity contribution in [2.75, 3.05) is 5.32 Å². The molecule has 2 rings (SSSR count). The molecule has 0 atom stereocenters. The fourth-order valence-electron chi connectivity index (χ4n) is 2.36. The zero-order valence-corrected chi connectivity index (χ0v) is 11.9. The standard InChI is InChI=1S/C14H18FN3OS/c15-11-8-9(13(16)20)6-7-12(11)18-14(19)17-10-4-2-1-3-5-10/h6-8,10H,1-5H2,(H2,16,20)(H2,17,18,19). The maximum absolute atomic E-state index is 13.8. The third kappa shape index (κ3) is 3.90. The summed E-state index contributed by atoms with van der Waals surface area (Å²) in [6.45, 7) is 0. The molecule has 4 N–H and O–H groups in total. The van der Waals surface area contributed by atoms with Gasteiger partial charge in [-0.3, -0.25) is 0 Å². The van der Waals surface area contributed by atoms with Crippen LogP contribution in [0.2, 0.25) is 0 Å². The lowest BCUT2D eigenvalue weighted by Gasteiger charge is -2.22. The highest BCUT2D eigenvalue weighted by Gasteiger charge is 2.16. The van der Waals surface area contributed by atoms with Crippen molar-refractivity contribution in [2.24, 2.45) is 5.73 Å². The molecule has 0 aromatic heterocycles. The van der Waals surface area contributed by atoms with Crippen molar-refractivity contribution in [2.45, 2.75) is 38.1 Å². The van der Waals surface area contributed by atoms with Crippen LogP contribution >= 0.6 is 12.2 Å². The van der Waals surface area contributed by atoms with E-state index in [-0.39, 0.29) is 22.7 Å². The van der Waals surface area contributed by atoms with Crippen molar-refractivity contribution in [3.05, 3.63) is 29.6 Å². The first-order chi connectivity index (χ1) is 9.56. The van der Waals surface area contributed by atoms with Crippen LogP contribution in [0.1, 0.15) is 37.7 Å². The van der Waals surface area contributed by atoms with Crippen molar-refractivity contribution in [3.8, 4) is 0 Å². The summed E-state index contributed by atoms with van der Waals surface area (Å²) in [4.78, 5) is 11.9. The van der Waals surface area contributed by atoms with Gasteiger partial charge in [0.25, 0.3) is 0 Å². The van der Waals surface area contributed by atoms with Crippen molar-refractivity contribution >= 4 is 28.9 Å². The SMILES string of the molecule is NC(=S)c1ccc(NC(=O)NC2CCCCC2)c(F)c1. The summed E-state index contributed by atoms with van der Waals surface area (Å²) < 4.78 is 13.8. The van der Waals surface area contributed by atoms with E-state index in [0.29, 0.717) is 5.56 Å². The van der Waals surface area contributed by atoms with Crippen LogP contribution in [-0.2, 0) is 0 Å². The zero-order chi connectivity index (χ0) is 14.5. The number of rotatable bonds is 3. The molecular formula is C14H18FN3OS. The molecule has 1 saturated carbocycles. The molecule has 0 radical (unpaired) electrons. The molecule has 0 spiro atoms. The third-order valence-corrected chi connectivity index (χ3v) is 3.68. The van der Waals surface area contributed by atoms with E-state index in [1.54, 1.807) is 6.07 Å². The quantitative estimate of drug-likeness (QED) is 0.751. The van der Waals surface area contributed by atoms with Crippen molar-refractivity contribution in [3.63, 3.8) is 0 Å². The molecule has 0 bridgehead atoms. The van der Waals surface area contributed by atoms with E-state index < -0.39 is 5.82 Å². The van der Waals surface area contributed by atoms with E-state index in [9.17, 15) is 9.18 Å². The summed E-state index contributed by atoms with van der Waals surface area (Å²) >= 11 is 4.77. The normalized spacial score (nSPS) is 15.7. The number of nitrogens with one attached hydrogen (secondary N) is 2. The number of carbonyl (C=O) groups is 1. The summed E-state index contributed by atoms with van der Waals surface area (Å²) in [5.41, 5.74) is 5.99. The Hall–Kier alpha value is -1.69. The van der Waals surface area contributed by atoms with Crippen molar-refractivity contribution < 1.29 is 9.18 Å². The van der Waals surface area contributed by atoms with Crippen LogP contribution < -0.4 is 16.4 Å². The van der Waals surface area contributed by atoms with E-state index in [1.165, 1.54) is 18.6 Å². The Labute approximate surface area is 122 Å². The minimum absolute atomic E-state index is 0.123. The summed E-state index contributed by atoms with van der Waals surface area (Å²) in [5, 5.41) is 5.38. The summed E-state index contributed by atoms with van der Waals surface area (Å²) in [7, 11) is 0. The van der Waals surface area contributed by atoms with Gasteiger partial charge in [-0.1, -0.05) is 31.5 Å². The first kappa shape index (κ1) is 14.7. The number of thiocarbonyl (C=S) groups is 1. The summed E-state index contributed by atoms with van der Waals surface area (Å²) in [6, 6.07) is 4.08. The summed E-state index contributed by atoms with van der Waals surface area (Å²) in [5.74, 6) is -0.547. The van der Waals surface area contributed by atoms with Crippen LogP contribution in [0.3, 0.4) is 0 Å². The van der Waals surface area contributed by atoms with Crippen molar-refractivity contribution in [1.82, 2.24) is 5.32 Å². The third-order valence-electron chi connectivity index (χ3n) is 3.44. The lowest BCUT2D eigenvalue weighted by atomic mass is 9.96. The topological polar surface area (TPSA) is 67.1 Å². The van der Waals surface area contributed by atoms with E-state index in [4.69, 9.17) is 18.0 Å². The molecule has 1 fully saturated rings. The number of amides is 2. The number of halogens is 1. The van der Waals surface area contributed by atoms with E-state index in [1.807, 2.05) is 0 Å². The van der Waals surface area contributed by atoms with Crippen LogP contribution in [0, 0.1) is 5.82 Å². The molecule has 1 aliphatic rings. The second-order valence-electron chi connectivity index (χ2n) is 4.99. The van der Waals surface area contributed by atoms with Gasteiger partial charge in [0.2, 0.25) is 0 Å². The Kier molecular flexibility index (Phi) is 4.89. The highest BCUT2D eigenvalue weighted by Crippen LogP contribution is 2.18. The lowest BCUT2D eigenvalue weighted by molar-refractivity contribution is 0.244. The van der Waals surface area contributed by atoms with Crippen LogP contribution in [0.4, 0.5) is 14.9 Å². The number of nitrogens with two attached hydrogens (primary N) is 1. The fourth-order valence-corrected chi connectivity index (χ4v) is 2.49. The lowest BCUT2D eigenvalue weighted by Crippen LogP contribution is -2.39. The Morgan fingerprint density at radius 1 is 1.30 bits per heavy atom. The molecule has 0 aliphatic heterocycles. The molecule has 20 heavy (non-hydrogen) atoms. The van der Waals surface area contributed by atoms with Crippen molar-refractivity contribution in [1.29, 1.82) is 0 Å². The predicted octanol–water partition coefficient (Wildman–Crippen LogP) is 2.91. The molecule has 108 valence electrons. The number of benzene rings is 1. The maximum atomic E-state index is 13.8. The van der Waals surface area contributed by atoms with Gasteiger partial charge in [0, 0.05) is 11.6 Å². The molecule has 1 aliphatic carbocycles. The largest absolute Gasteiger partial charge is 0.389 e. The molecule has 6 heteroatoms. The van der Waals surface area contributed by atoms with Gasteiger partial charge in [-0.25, -0.2) is 9.18 Å². The number of carbonyl (C=O) groups excluding carboxylic acids is 1. The first-order valence-electron chi connectivity index (χ1n) is 6.73. The Morgan fingerprint density at radius 3 is 2.60 bits per heavy atom. The minimum atomic E-state index is -0.547. The molecule has 4 nitrogen and oxygen atoms in total. The molecule has 1 aromatic rings. The number of anilines is 1. The van der Waals surface area contributed by atoms with Crippen LogP contribution in [0.15, 0.2) is 18.2 Å². The van der Waals surface area contributed by atoms with Gasteiger partial charge in [-0.15, -0.1) is 0 Å². The molecular weight excluding hydrogens is 277 g/mol. The second kappa shape index (κ2) is 6.65. The van der Waals surface area contributed by atoms with Gasteiger partial charge in [-0.2, -0.15) is 0 Å². The fraction of sp³-hybridized carbons (Fsp3) is 0.429. The Bertz CT molecular complexity index is 515. The average molecular weight is 295 g/mol. The number of hydrogen-bond donors (Lipinski definition) is 3. The van der Waals surface area contributed by atoms with Gasteiger partial charge < -0.3 is 16.4 Å². The Balaban J connectivity index is 1.95. The molecule has 2 amide bonds. The van der Waals surface area contributed by atoms with Gasteiger partial charge in [0.1, 0.15) is 10.8 Å². The van der Waals surface area contributed by atoms with Gasteiger partial charge in [0.15, 0.2) is 0 Å².